The van der Waals surface area contributed by atoms with Crippen LogP contribution in [-0.4, -0.2) is 30.1 Å². The summed E-state index contributed by atoms with van der Waals surface area (Å²) in [5, 5.41) is 12.4. The Labute approximate surface area is 189 Å². The number of carboxylic acids is 1. The first kappa shape index (κ1) is 23.8. The fourth-order valence-electron chi connectivity index (χ4n) is 4.13. The molecule has 0 radical (unpaired) electrons. The first-order chi connectivity index (χ1) is 15.1. The number of aliphatic carboxylic acids is 1. The normalized spacial score (nSPS) is 17.5. The molecule has 1 fully saturated rings. The van der Waals surface area contributed by atoms with Crippen LogP contribution in [0, 0.1) is 23.6 Å². The van der Waals surface area contributed by atoms with Crippen molar-refractivity contribution in [3.63, 3.8) is 0 Å². The van der Waals surface area contributed by atoms with Gasteiger partial charge in [0.15, 0.2) is 0 Å². The average molecular weight is 441 g/mol. The third kappa shape index (κ3) is 6.31. The number of halogens is 1. The molecule has 3 rings (SSSR count). The van der Waals surface area contributed by atoms with E-state index in [4.69, 9.17) is 0 Å². The zero-order valence-electron chi connectivity index (χ0n) is 19.3. The molecule has 2 unspecified atom stereocenters. The average Bonchev–Trinajstić information content (AvgIpc) is 3.50. The summed E-state index contributed by atoms with van der Waals surface area (Å²) in [6.07, 6.45) is 0.763. The lowest BCUT2D eigenvalue weighted by atomic mass is 10.0. The molecule has 0 bridgehead atoms. The predicted octanol–water partition coefficient (Wildman–Crippen LogP) is 5.31. The van der Waals surface area contributed by atoms with Crippen molar-refractivity contribution in [1.82, 2.24) is 0 Å². The second-order valence-electron chi connectivity index (χ2n) is 9.61. The molecule has 0 aromatic heterocycles. The Morgan fingerprint density at radius 2 is 1.69 bits per heavy atom. The van der Waals surface area contributed by atoms with Gasteiger partial charge in [0.25, 0.3) is 0 Å². The SMILES string of the molecule is CC(C)CN(CC(C)C)c1ccc(C2CC2C(=O)O)cc1NC(=O)Cc1ccc(F)cc1. The highest BCUT2D eigenvalue weighted by Crippen LogP contribution is 2.49. The molecule has 1 saturated carbocycles. The molecular weight excluding hydrogens is 407 g/mol. The van der Waals surface area contributed by atoms with Crippen LogP contribution in [-0.2, 0) is 16.0 Å². The number of amides is 1. The minimum atomic E-state index is -0.776. The van der Waals surface area contributed by atoms with E-state index in [1.165, 1.54) is 12.1 Å². The number of carbonyl (C=O) groups excluding carboxylic acids is 1. The monoisotopic (exact) mass is 440 g/mol. The number of nitrogens with zero attached hydrogens (tertiary/aromatic N) is 1. The number of carboxylic acid groups (broad SMARTS) is 1. The molecule has 1 amide bonds. The van der Waals surface area contributed by atoms with Crippen LogP contribution in [0.1, 0.15) is 51.2 Å². The minimum absolute atomic E-state index is 0.0158. The van der Waals surface area contributed by atoms with E-state index in [1.807, 2.05) is 18.2 Å². The maximum Gasteiger partial charge on any atom is 0.307 e. The minimum Gasteiger partial charge on any atom is -0.481 e. The third-order valence-electron chi connectivity index (χ3n) is 5.62. The topological polar surface area (TPSA) is 69.6 Å². The van der Waals surface area contributed by atoms with Gasteiger partial charge in [0.2, 0.25) is 5.91 Å². The highest BCUT2D eigenvalue weighted by Gasteiger charge is 2.44. The highest BCUT2D eigenvalue weighted by atomic mass is 19.1. The Bertz CT molecular complexity index is 946. The summed E-state index contributed by atoms with van der Waals surface area (Å²) in [5.74, 6) is -0.785. The summed E-state index contributed by atoms with van der Waals surface area (Å²) >= 11 is 0. The molecule has 2 atom stereocenters. The smallest absolute Gasteiger partial charge is 0.307 e. The highest BCUT2D eigenvalue weighted by molar-refractivity contribution is 5.96. The molecule has 0 spiro atoms. The van der Waals surface area contributed by atoms with Gasteiger partial charge in [-0.1, -0.05) is 45.9 Å². The number of anilines is 2. The number of carbonyl (C=O) groups is 2. The Balaban J connectivity index is 1.88. The molecule has 172 valence electrons. The van der Waals surface area contributed by atoms with Crippen molar-refractivity contribution in [3.05, 3.63) is 59.4 Å². The fraction of sp³-hybridized carbons (Fsp3) is 0.462. The van der Waals surface area contributed by atoms with Gasteiger partial charge in [0.05, 0.1) is 23.7 Å². The van der Waals surface area contributed by atoms with Crippen molar-refractivity contribution in [2.45, 2.75) is 46.5 Å². The van der Waals surface area contributed by atoms with E-state index in [9.17, 15) is 19.1 Å². The second kappa shape index (κ2) is 10.2. The lowest BCUT2D eigenvalue weighted by Gasteiger charge is -2.31. The summed E-state index contributed by atoms with van der Waals surface area (Å²) in [7, 11) is 0. The lowest BCUT2D eigenvalue weighted by molar-refractivity contribution is -0.138. The van der Waals surface area contributed by atoms with Crippen LogP contribution < -0.4 is 10.2 Å². The Morgan fingerprint density at radius 3 is 2.22 bits per heavy atom. The molecule has 0 heterocycles. The molecule has 2 aromatic rings. The van der Waals surface area contributed by atoms with Gasteiger partial charge in [0, 0.05) is 13.1 Å². The fourth-order valence-corrected chi connectivity index (χ4v) is 4.13. The van der Waals surface area contributed by atoms with Gasteiger partial charge >= 0.3 is 5.97 Å². The molecule has 2 N–H and O–H groups in total. The summed E-state index contributed by atoms with van der Waals surface area (Å²) in [5.41, 5.74) is 3.31. The predicted molar refractivity (Wildman–Crippen MR) is 126 cm³/mol. The number of hydrogen-bond donors (Lipinski definition) is 2. The standard InChI is InChI=1S/C26H33FN2O3/c1-16(2)14-29(15-17(3)4)24-10-7-19(21-13-22(21)26(31)32)12-23(24)28-25(30)11-18-5-8-20(27)9-6-18/h5-10,12,16-17,21-22H,11,13-15H2,1-4H3,(H,28,30)(H,31,32). The Morgan fingerprint density at radius 1 is 1.06 bits per heavy atom. The van der Waals surface area contributed by atoms with Crippen molar-refractivity contribution < 1.29 is 19.1 Å². The van der Waals surface area contributed by atoms with Crippen molar-refractivity contribution in [2.24, 2.45) is 17.8 Å². The second-order valence-corrected chi connectivity index (χ2v) is 9.61. The van der Waals surface area contributed by atoms with E-state index in [2.05, 4.69) is 37.9 Å². The molecule has 32 heavy (non-hydrogen) atoms. The summed E-state index contributed by atoms with van der Waals surface area (Å²) < 4.78 is 13.2. The maximum atomic E-state index is 13.2. The van der Waals surface area contributed by atoms with Gasteiger partial charge in [-0.2, -0.15) is 0 Å². The van der Waals surface area contributed by atoms with Crippen molar-refractivity contribution in [2.75, 3.05) is 23.3 Å². The first-order valence-electron chi connectivity index (χ1n) is 11.3. The van der Waals surface area contributed by atoms with E-state index >= 15 is 0 Å². The number of rotatable bonds is 10. The number of benzene rings is 2. The zero-order chi connectivity index (χ0) is 23.4. The molecule has 1 aliphatic carbocycles. The van der Waals surface area contributed by atoms with Crippen LogP contribution in [0.3, 0.4) is 0 Å². The van der Waals surface area contributed by atoms with Crippen LogP contribution in [0.2, 0.25) is 0 Å². The van der Waals surface area contributed by atoms with Crippen molar-refractivity contribution in [3.8, 4) is 0 Å². The Hall–Kier alpha value is -2.89. The summed E-state index contributed by atoms with van der Waals surface area (Å²) in [4.78, 5) is 26.5. The van der Waals surface area contributed by atoms with Crippen LogP contribution in [0.4, 0.5) is 15.8 Å². The number of nitrogens with one attached hydrogen (secondary N) is 1. The molecule has 0 aliphatic heterocycles. The largest absolute Gasteiger partial charge is 0.481 e. The van der Waals surface area contributed by atoms with E-state index in [-0.39, 0.29) is 30.0 Å². The van der Waals surface area contributed by atoms with Gasteiger partial charge in [-0.25, -0.2) is 4.39 Å². The van der Waals surface area contributed by atoms with Crippen LogP contribution in [0.15, 0.2) is 42.5 Å². The lowest BCUT2D eigenvalue weighted by Crippen LogP contribution is -2.32. The van der Waals surface area contributed by atoms with Crippen LogP contribution >= 0.6 is 0 Å². The van der Waals surface area contributed by atoms with Crippen LogP contribution in [0.5, 0.6) is 0 Å². The first-order valence-corrected chi connectivity index (χ1v) is 11.3. The number of hydrogen-bond acceptors (Lipinski definition) is 3. The van der Waals surface area contributed by atoms with Gasteiger partial charge in [0.1, 0.15) is 5.82 Å². The van der Waals surface area contributed by atoms with Gasteiger partial charge in [-0.05, 0) is 59.6 Å². The van der Waals surface area contributed by atoms with E-state index in [0.29, 0.717) is 23.9 Å². The molecule has 6 heteroatoms. The van der Waals surface area contributed by atoms with Crippen molar-refractivity contribution in [1.29, 1.82) is 0 Å². The zero-order valence-corrected chi connectivity index (χ0v) is 19.3. The van der Waals surface area contributed by atoms with Gasteiger partial charge < -0.3 is 15.3 Å². The summed E-state index contributed by atoms with van der Waals surface area (Å²) in [6.45, 7) is 10.3. The molecule has 0 saturated heterocycles. The molecule has 1 aliphatic rings. The van der Waals surface area contributed by atoms with E-state index in [0.717, 1.165) is 29.9 Å². The van der Waals surface area contributed by atoms with Gasteiger partial charge in [-0.3, -0.25) is 9.59 Å². The quantitative estimate of drug-likeness (QED) is 0.525. The van der Waals surface area contributed by atoms with Crippen molar-refractivity contribution >= 4 is 23.3 Å². The summed E-state index contributed by atoms with van der Waals surface area (Å²) in [6, 6.07) is 11.8. The van der Waals surface area contributed by atoms with Crippen LogP contribution in [0.25, 0.3) is 0 Å². The molecular formula is C26H33FN2O3. The molecule has 2 aromatic carbocycles. The Kier molecular flexibility index (Phi) is 7.54. The van der Waals surface area contributed by atoms with Gasteiger partial charge in [-0.15, -0.1) is 0 Å². The molecule has 5 nitrogen and oxygen atoms in total. The van der Waals surface area contributed by atoms with E-state index in [1.54, 1.807) is 12.1 Å². The third-order valence-corrected chi connectivity index (χ3v) is 5.62. The maximum absolute atomic E-state index is 13.2. The van der Waals surface area contributed by atoms with E-state index < -0.39 is 5.97 Å².